The van der Waals surface area contributed by atoms with Gasteiger partial charge in [0, 0.05) is 32.4 Å². The summed E-state index contributed by atoms with van der Waals surface area (Å²) >= 11 is 0. The second-order valence-electron chi connectivity index (χ2n) is 4.13. The van der Waals surface area contributed by atoms with E-state index in [1.165, 1.54) is 6.92 Å². The molecule has 1 aliphatic rings. The standard InChI is InChI=1S/C10H19NO4/c1-6(12)11-4-7-3-8(5-15-2)10(14)9(7)13/h7-10,13-14H,3-5H2,1-2H3,(H,11,12)/t7-,8-,9-,10-/m1/s1. The number of rotatable bonds is 4. The summed E-state index contributed by atoms with van der Waals surface area (Å²) in [4.78, 5) is 10.7. The van der Waals surface area contributed by atoms with E-state index in [2.05, 4.69) is 5.32 Å². The fraction of sp³-hybridized carbons (Fsp3) is 0.900. The predicted octanol–water partition coefficient (Wildman–Crippen LogP) is -0.873. The monoisotopic (exact) mass is 217 g/mol. The van der Waals surface area contributed by atoms with Crippen molar-refractivity contribution >= 4 is 5.91 Å². The van der Waals surface area contributed by atoms with Gasteiger partial charge in [-0.15, -0.1) is 0 Å². The van der Waals surface area contributed by atoms with Crippen LogP contribution in [0.4, 0.5) is 0 Å². The van der Waals surface area contributed by atoms with Crippen molar-refractivity contribution in [2.75, 3.05) is 20.3 Å². The molecule has 5 nitrogen and oxygen atoms in total. The van der Waals surface area contributed by atoms with Crippen LogP contribution in [0.3, 0.4) is 0 Å². The minimum Gasteiger partial charge on any atom is -0.390 e. The number of amides is 1. The van der Waals surface area contributed by atoms with Gasteiger partial charge in [-0.05, 0) is 6.42 Å². The van der Waals surface area contributed by atoms with Crippen molar-refractivity contribution in [3.8, 4) is 0 Å². The quantitative estimate of drug-likeness (QED) is 0.572. The van der Waals surface area contributed by atoms with Crippen LogP contribution in [0.15, 0.2) is 0 Å². The minimum atomic E-state index is -0.767. The maximum absolute atomic E-state index is 10.7. The maximum atomic E-state index is 10.7. The Bertz CT molecular complexity index is 221. The van der Waals surface area contributed by atoms with Crippen LogP contribution in [0.5, 0.6) is 0 Å². The van der Waals surface area contributed by atoms with Crippen LogP contribution < -0.4 is 5.32 Å². The molecule has 0 spiro atoms. The third-order valence-electron chi connectivity index (χ3n) is 2.92. The maximum Gasteiger partial charge on any atom is 0.216 e. The normalized spacial score (nSPS) is 35.5. The molecule has 1 saturated carbocycles. The third kappa shape index (κ3) is 3.15. The van der Waals surface area contributed by atoms with Gasteiger partial charge >= 0.3 is 0 Å². The zero-order valence-corrected chi connectivity index (χ0v) is 9.14. The van der Waals surface area contributed by atoms with Crippen molar-refractivity contribution in [3.63, 3.8) is 0 Å². The molecule has 1 rings (SSSR count). The van der Waals surface area contributed by atoms with Crippen LogP contribution in [0.25, 0.3) is 0 Å². The molecule has 1 amide bonds. The Kier molecular flexibility index (Phi) is 4.50. The highest BCUT2D eigenvalue weighted by Crippen LogP contribution is 2.31. The van der Waals surface area contributed by atoms with Gasteiger partial charge in [0.2, 0.25) is 5.91 Å². The molecular weight excluding hydrogens is 198 g/mol. The molecule has 1 fully saturated rings. The van der Waals surface area contributed by atoms with E-state index in [-0.39, 0.29) is 17.7 Å². The average molecular weight is 217 g/mol. The molecule has 1 aliphatic carbocycles. The SMILES string of the molecule is COC[C@H]1C[C@H](CNC(C)=O)[C@@H](O)[C@@H]1O. The van der Waals surface area contributed by atoms with E-state index in [0.29, 0.717) is 19.6 Å². The molecule has 0 unspecified atom stereocenters. The molecule has 0 aliphatic heterocycles. The molecule has 0 aromatic heterocycles. The Morgan fingerprint density at radius 2 is 2.00 bits per heavy atom. The van der Waals surface area contributed by atoms with Gasteiger partial charge in [-0.1, -0.05) is 0 Å². The predicted molar refractivity (Wildman–Crippen MR) is 54.2 cm³/mol. The Balaban J connectivity index is 2.43. The van der Waals surface area contributed by atoms with Gasteiger partial charge in [0.05, 0.1) is 18.8 Å². The molecule has 5 heteroatoms. The van der Waals surface area contributed by atoms with Crippen LogP contribution in [0.2, 0.25) is 0 Å². The van der Waals surface area contributed by atoms with E-state index < -0.39 is 12.2 Å². The van der Waals surface area contributed by atoms with Gasteiger partial charge in [-0.2, -0.15) is 0 Å². The molecule has 3 N–H and O–H groups in total. The summed E-state index contributed by atoms with van der Waals surface area (Å²) in [6.07, 6.45) is -0.836. The molecule has 0 bridgehead atoms. The molecular formula is C10H19NO4. The molecule has 0 radical (unpaired) electrons. The number of nitrogens with one attached hydrogen (secondary N) is 1. The van der Waals surface area contributed by atoms with Crippen LogP contribution in [-0.4, -0.2) is 48.6 Å². The lowest BCUT2D eigenvalue weighted by molar-refractivity contribution is -0.119. The Morgan fingerprint density at radius 3 is 2.53 bits per heavy atom. The molecule has 0 saturated heterocycles. The van der Waals surface area contributed by atoms with E-state index in [4.69, 9.17) is 4.74 Å². The van der Waals surface area contributed by atoms with Crippen molar-refractivity contribution in [2.24, 2.45) is 11.8 Å². The minimum absolute atomic E-state index is 0.0382. The first kappa shape index (κ1) is 12.4. The van der Waals surface area contributed by atoms with Crippen LogP contribution in [0, 0.1) is 11.8 Å². The van der Waals surface area contributed by atoms with Gasteiger partial charge in [-0.3, -0.25) is 4.79 Å². The van der Waals surface area contributed by atoms with Gasteiger partial charge in [0.1, 0.15) is 0 Å². The molecule has 0 heterocycles. The Labute approximate surface area is 89.4 Å². The molecule has 88 valence electrons. The average Bonchev–Trinajstić information content (AvgIpc) is 2.44. The van der Waals surface area contributed by atoms with Crippen molar-refractivity contribution in [1.29, 1.82) is 0 Å². The highest BCUT2D eigenvalue weighted by atomic mass is 16.5. The lowest BCUT2D eigenvalue weighted by Gasteiger charge is -2.16. The molecule has 15 heavy (non-hydrogen) atoms. The summed E-state index contributed by atoms with van der Waals surface area (Å²) < 4.78 is 4.96. The van der Waals surface area contributed by atoms with E-state index >= 15 is 0 Å². The van der Waals surface area contributed by atoms with Gasteiger partial charge in [-0.25, -0.2) is 0 Å². The zero-order valence-electron chi connectivity index (χ0n) is 9.14. The first-order valence-corrected chi connectivity index (χ1v) is 5.15. The van der Waals surface area contributed by atoms with E-state index in [1.807, 2.05) is 0 Å². The molecule has 4 atom stereocenters. The number of hydrogen-bond donors (Lipinski definition) is 3. The summed E-state index contributed by atoms with van der Waals surface area (Å²) in [6, 6.07) is 0. The number of aliphatic hydroxyl groups excluding tert-OH is 2. The zero-order chi connectivity index (χ0) is 11.4. The number of methoxy groups -OCH3 is 1. The number of aliphatic hydroxyl groups is 2. The summed E-state index contributed by atoms with van der Waals surface area (Å²) in [6.45, 7) is 2.28. The second kappa shape index (κ2) is 5.44. The highest BCUT2D eigenvalue weighted by Gasteiger charge is 2.40. The lowest BCUT2D eigenvalue weighted by Crippen LogP contribution is -2.35. The van der Waals surface area contributed by atoms with Crippen LogP contribution >= 0.6 is 0 Å². The fourth-order valence-electron chi connectivity index (χ4n) is 2.09. The number of carbonyl (C=O) groups excluding carboxylic acids is 1. The van der Waals surface area contributed by atoms with Gasteiger partial charge in [0.15, 0.2) is 0 Å². The summed E-state index contributed by atoms with van der Waals surface area (Å²) in [5.74, 6) is -0.236. The van der Waals surface area contributed by atoms with Gasteiger partial charge in [0.25, 0.3) is 0 Å². The summed E-state index contributed by atoms with van der Waals surface area (Å²) in [5, 5.41) is 22.0. The fourth-order valence-corrected chi connectivity index (χ4v) is 2.09. The van der Waals surface area contributed by atoms with E-state index in [1.54, 1.807) is 7.11 Å². The van der Waals surface area contributed by atoms with Crippen LogP contribution in [0.1, 0.15) is 13.3 Å². The van der Waals surface area contributed by atoms with Crippen molar-refractivity contribution in [1.82, 2.24) is 5.32 Å². The number of hydrogen-bond acceptors (Lipinski definition) is 4. The van der Waals surface area contributed by atoms with Gasteiger partial charge < -0.3 is 20.3 Å². The van der Waals surface area contributed by atoms with Crippen LogP contribution in [-0.2, 0) is 9.53 Å². The smallest absolute Gasteiger partial charge is 0.216 e. The highest BCUT2D eigenvalue weighted by molar-refractivity contribution is 5.72. The van der Waals surface area contributed by atoms with Crippen molar-refractivity contribution < 1.29 is 19.7 Å². The first-order valence-electron chi connectivity index (χ1n) is 5.15. The molecule has 0 aromatic rings. The Morgan fingerprint density at radius 1 is 1.40 bits per heavy atom. The largest absolute Gasteiger partial charge is 0.390 e. The number of ether oxygens (including phenoxy) is 1. The van der Waals surface area contributed by atoms with Crippen molar-refractivity contribution in [3.05, 3.63) is 0 Å². The topological polar surface area (TPSA) is 78.8 Å². The lowest BCUT2D eigenvalue weighted by atomic mass is 10.0. The summed E-state index contributed by atoms with van der Waals surface area (Å²) in [7, 11) is 1.57. The van der Waals surface area contributed by atoms with E-state index in [0.717, 1.165) is 0 Å². The Hall–Kier alpha value is -0.650. The second-order valence-corrected chi connectivity index (χ2v) is 4.13. The van der Waals surface area contributed by atoms with Crippen molar-refractivity contribution in [2.45, 2.75) is 25.6 Å². The summed E-state index contributed by atoms with van der Waals surface area (Å²) in [5.41, 5.74) is 0. The number of carbonyl (C=O) groups is 1. The third-order valence-corrected chi connectivity index (χ3v) is 2.92. The van der Waals surface area contributed by atoms with E-state index in [9.17, 15) is 15.0 Å². The first-order chi connectivity index (χ1) is 7.06. The molecule has 0 aromatic carbocycles.